The second-order valence-electron chi connectivity index (χ2n) is 4.49. The minimum Gasteiger partial charge on any atom is -0.363 e. The number of anilines is 1. The summed E-state index contributed by atoms with van der Waals surface area (Å²) in [5.41, 5.74) is 2.47. The highest BCUT2D eigenvalue weighted by molar-refractivity contribution is 9.10. The van der Waals surface area contributed by atoms with Gasteiger partial charge in [0.2, 0.25) is 0 Å². The molecule has 20 heavy (non-hydrogen) atoms. The average molecular weight is 353 g/mol. The summed E-state index contributed by atoms with van der Waals surface area (Å²) < 4.78 is 2.77. The molecule has 6 heteroatoms. The maximum absolute atomic E-state index is 5.16. The molecule has 0 amide bonds. The Balaban J connectivity index is 2.06. The largest absolute Gasteiger partial charge is 0.363 e. The molecule has 4 nitrogen and oxygen atoms in total. The molecule has 0 saturated heterocycles. The first-order valence-corrected chi connectivity index (χ1v) is 7.62. The fourth-order valence-electron chi connectivity index (χ4n) is 1.76. The van der Waals surface area contributed by atoms with E-state index in [0.29, 0.717) is 5.11 Å². The van der Waals surface area contributed by atoms with Gasteiger partial charge in [0.1, 0.15) is 0 Å². The molecule has 2 aromatic rings. The van der Waals surface area contributed by atoms with Gasteiger partial charge in [-0.25, -0.2) is 0 Å². The minimum absolute atomic E-state index is 0.578. The normalized spacial score (nSPS) is 10.3. The number of rotatable bonds is 4. The van der Waals surface area contributed by atoms with Gasteiger partial charge in [-0.3, -0.25) is 4.68 Å². The molecule has 2 N–H and O–H groups in total. The standard InChI is InChI=1S/C14H17BrN4S/c1-3-16-14(20)17-13-12(15)9-19(18-13)8-11-6-4-10(2)5-7-11/h4-7,9H,3,8H2,1-2H3,(H2,16,17,18,20). The first-order valence-electron chi connectivity index (χ1n) is 6.42. The quantitative estimate of drug-likeness (QED) is 0.828. The van der Waals surface area contributed by atoms with Crippen LogP contribution in [-0.4, -0.2) is 21.4 Å². The van der Waals surface area contributed by atoms with Crippen molar-refractivity contribution in [2.75, 3.05) is 11.9 Å². The van der Waals surface area contributed by atoms with Gasteiger partial charge in [-0.1, -0.05) is 29.8 Å². The number of hydrogen-bond donors (Lipinski definition) is 2. The van der Waals surface area contributed by atoms with E-state index in [9.17, 15) is 0 Å². The summed E-state index contributed by atoms with van der Waals surface area (Å²) in [5.74, 6) is 0.725. The summed E-state index contributed by atoms with van der Waals surface area (Å²) >= 11 is 8.64. The van der Waals surface area contributed by atoms with Crippen LogP contribution >= 0.6 is 28.1 Å². The smallest absolute Gasteiger partial charge is 0.172 e. The van der Waals surface area contributed by atoms with E-state index < -0.39 is 0 Å². The molecule has 2 rings (SSSR count). The minimum atomic E-state index is 0.578. The van der Waals surface area contributed by atoms with Crippen LogP contribution in [0.4, 0.5) is 5.82 Å². The zero-order chi connectivity index (χ0) is 14.5. The number of benzene rings is 1. The van der Waals surface area contributed by atoms with E-state index in [0.717, 1.165) is 23.4 Å². The third kappa shape index (κ3) is 4.05. The van der Waals surface area contributed by atoms with Crippen molar-refractivity contribution in [3.8, 4) is 0 Å². The molecule has 0 fully saturated rings. The molecule has 0 spiro atoms. The molecule has 0 aliphatic carbocycles. The van der Waals surface area contributed by atoms with E-state index in [-0.39, 0.29) is 0 Å². The Morgan fingerprint density at radius 3 is 2.70 bits per heavy atom. The third-order valence-corrected chi connectivity index (χ3v) is 3.58. The van der Waals surface area contributed by atoms with E-state index in [4.69, 9.17) is 12.2 Å². The Kier molecular flexibility index (Phi) is 5.14. The lowest BCUT2D eigenvalue weighted by Gasteiger charge is -2.06. The van der Waals surface area contributed by atoms with Crippen molar-refractivity contribution in [1.82, 2.24) is 15.1 Å². The molecule has 106 valence electrons. The van der Waals surface area contributed by atoms with E-state index in [1.54, 1.807) is 0 Å². The molecule has 0 unspecified atom stereocenters. The fraction of sp³-hybridized carbons (Fsp3) is 0.286. The van der Waals surface area contributed by atoms with Crippen LogP contribution in [-0.2, 0) is 6.54 Å². The van der Waals surface area contributed by atoms with Crippen LogP contribution in [0, 0.1) is 6.92 Å². The molecule has 1 heterocycles. The molecule has 0 atom stereocenters. The van der Waals surface area contributed by atoms with Crippen molar-refractivity contribution in [2.45, 2.75) is 20.4 Å². The Labute approximate surface area is 132 Å². The van der Waals surface area contributed by atoms with Gasteiger partial charge in [0.25, 0.3) is 0 Å². The van der Waals surface area contributed by atoms with Crippen molar-refractivity contribution in [2.24, 2.45) is 0 Å². The van der Waals surface area contributed by atoms with Crippen LogP contribution in [0.2, 0.25) is 0 Å². The van der Waals surface area contributed by atoms with Crippen LogP contribution in [0.15, 0.2) is 34.9 Å². The maximum atomic E-state index is 5.16. The predicted molar refractivity (Wildman–Crippen MR) is 90.1 cm³/mol. The molecule has 0 bridgehead atoms. The lowest BCUT2D eigenvalue weighted by molar-refractivity contribution is 0.689. The van der Waals surface area contributed by atoms with Gasteiger partial charge in [-0.2, -0.15) is 5.10 Å². The second-order valence-corrected chi connectivity index (χ2v) is 5.76. The fourth-order valence-corrected chi connectivity index (χ4v) is 2.41. The highest BCUT2D eigenvalue weighted by Crippen LogP contribution is 2.20. The lowest BCUT2D eigenvalue weighted by Crippen LogP contribution is -2.28. The average Bonchev–Trinajstić information content (AvgIpc) is 2.73. The Morgan fingerprint density at radius 1 is 1.35 bits per heavy atom. The van der Waals surface area contributed by atoms with Gasteiger partial charge in [0, 0.05) is 12.7 Å². The molecular formula is C14H17BrN4S. The molecule has 0 saturated carbocycles. The second kappa shape index (κ2) is 6.85. The van der Waals surface area contributed by atoms with Gasteiger partial charge >= 0.3 is 0 Å². The van der Waals surface area contributed by atoms with Crippen LogP contribution in [0.1, 0.15) is 18.1 Å². The zero-order valence-electron chi connectivity index (χ0n) is 11.5. The molecule has 0 aliphatic heterocycles. The summed E-state index contributed by atoms with van der Waals surface area (Å²) in [6.45, 7) is 5.60. The number of nitrogens with zero attached hydrogens (tertiary/aromatic N) is 2. The predicted octanol–water partition coefficient (Wildman–Crippen LogP) is 3.31. The molecule has 0 radical (unpaired) electrons. The van der Waals surface area contributed by atoms with Gasteiger partial charge < -0.3 is 10.6 Å². The maximum Gasteiger partial charge on any atom is 0.172 e. The zero-order valence-corrected chi connectivity index (χ0v) is 13.9. The Morgan fingerprint density at radius 2 is 2.05 bits per heavy atom. The number of halogens is 1. The van der Waals surface area contributed by atoms with Crippen LogP contribution in [0.25, 0.3) is 0 Å². The highest BCUT2D eigenvalue weighted by atomic mass is 79.9. The monoisotopic (exact) mass is 352 g/mol. The summed E-state index contributed by atoms with van der Waals surface area (Å²) in [6, 6.07) is 8.43. The van der Waals surface area contributed by atoms with E-state index in [2.05, 4.69) is 62.9 Å². The molecule has 1 aromatic heterocycles. The topological polar surface area (TPSA) is 41.9 Å². The Bertz CT molecular complexity index is 592. The van der Waals surface area contributed by atoms with Crippen LogP contribution in [0.5, 0.6) is 0 Å². The van der Waals surface area contributed by atoms with Gasteiger partial charge in [0.15, 0.2) is 10.9 Å². The first kappa shape index (κ1) is 15.0. The number of thiocarbonyl (C=S) groups is 1. The molecule has 0 aliphatic rings. The van der Waals surface area contributed by atoms with Crippen LogP contribution < -0.4 is 10.6 Å². The van der Waals surface area contributed by atoms with Crippen LogP contribution in [0.3, 0.4) is 0 Å². The van der Waals surface area contributed by atoms with Gasteiger partial charge in [-0.15, -0.1) is 0 Å². The number of aromatic nitrogens is 2. The van der Waals surface area contributed by atoms with Gasteiger partial charge in [-0.05, 0) is 47.6 Å². The van der Waals surface area contributed by atoms with Crippen molar-refractivity contribution in [1.29, 1.82) is 0 Å². The summed E-state index contributed by atoms with van der Waals surface area (Å²) in [6.07, 6.45) is 1.94. The summed E-state index contributed by atoms with van der Waals surface area (Å²) in [5, 5.41) is 11.2. The first-order chi connectivity index (χ1) is 9.58. The van der Waals surface area contributed by atoms with Crippen molar-refractivity contribution in [3.05, 3.63) is 46.1 Å². The van der Waals surface area contributed by atoms with Gasteiger partial charge in [0.05, 0.1) is 11.0 Å². The lowest BCUT2D eigenvalue weighted by atomic mass is 10.1. The third-order valence-electron chi connectivity index (χ3n) is 2.75. The highest BCUT2D eigenvalue weighted by Gasteiger charge is 2.08. The SMILES string of the molecule is CCNC(=S)Nc1nn(Cc2ccc(C)cc2)cc1Br. The van der Waals surface area contributed by atoms with Crippen molar-refractivity contribution < 1.29 is 0 Å². The number of aryl methyl sites for hydroxylation is 1. The van der Waals surface area contributed by atoms with E-state index in [1.165, 1.54) is 11.1 Å². The molecular weight excluding hydrogens is 336 g/mol. The van der Waals surface area contributed by atoms with Crippen molar-refractivity contribution in [3.63, 3.8) is 0 Å². The van der Waals surface area contributed by atoms with E-state index in [1.807, 2.05) is 17.8 Å². The number of hydrogen-bond acceptors (Lipinski definition) is 2. The van der Waals surface area contributed by atoms with Crippen molar-refractivity contribution >= 4 is 39.1 Å². The molecule has 1 aromatic carbocycles. The number of nitrogens with one attached hydrogen (secondary N) is 2. The summed E-state index contributed by atoms with van der Waals surface area (Å²) in [7, 11) is 0. The van der Waals surface area contributed by atoms with E-state index >= 15 is 0 Å². The Hall–Kier alpha value is -1.40. The summed E-state index contributed by atoms with van der Waals surface area (Å²) in [4.78, 5) is 0.